The lowest BCUT2D eigenvalue weighted by Crippen LogP contribution is -2.37. The quantitative estimate of drug-likeness (QED) is 0.694. The lowest BCUT2D eigenvalue weighted by Gasteiger charge is -2.32. The van der Waals surface area contributed by atoms with Gasteiger partial charge in [0.1, 0.15) is 0 Å². The Hall–Kier alpha value is -1.92. The van der Waals surface area contributed by atoms with Gasteiger partial charge in [-0.3, -0.25) is 4.79 Å². The highest BCUT2D eigenvalue weighted by atomic mass is 16.6. The van der Waals surface area contributed by atoms with Gasteiger partial charge < -0.3 is 19.7 Å². The number of nitrogens with one attached hydrogen (secondary N) is 1. The second kappa shape index (κ2) is 9.70. The predicted octanol–water partition coefficient (Wildman–Crippen LogP) is 3.88. The molecule has 1 atom stereocenters. The van der Waals surface area contributed by atoms with Crippen molar-refractivity contribution in [1.82, 2.24) is 10.2 Å². The fourth-order valence-electron chi connectivity index (χ4n) is 4.80. The Labute approximate surface area is 186 Å². The Morgan fingerprint density at radius 2 is 1.65 bits per heavy atom. The molecule has 0 radical (unpaired) electrons. The maximum atomic E-state index is 13.2. The van der Waals surface area contributed by atoms with Crippen molar-refractivity contribution < 1.29 is 19.1 Å². The van der Waals surface area contributed by atoms with E-state index in [0.29, 0.717) is 6.42 Å². The number of carbonyl (C=O) groups is 2. The minimum absolute atomic E-state index is 0.132. The minimum Gasteiger partial charge on any atom is -0.464 e. The number of esters is 1. The van der Waals surface area contributed by atoms with Crippen LogP contribution in [-0.2, 0) is 38.6 Å². The first-order valence-electron chi connectivity index (χ1n) is 11.6. The first kappa shape index (κ1) is 23.7. The first-order chi connectivity index (χ1) is 14.6. The monoisotopic (exact) mass is 430 g/mol. The van der Waals surface area contributed by atoms with Gasteiger partial charge in [0.2, 0.25) is 5.91 Å². The van der Waals surface area contributed by atoms with Crippen LogP contribution in [0.1, 0.15) is 86.4 Å². The maximum Gasteiger partial charge on any atom is 0.339 e. The zero-order valence-electron chi connectivity index (χ0n) is 20.0. The van der Waals surface area contributed by atoms with Crippen LogP contribution in [0.15, 0.2) is 0 Å². The molecule has 6 nitrogen and oxygen atoms in total. The number of rotatable bonds is 6. The van der Waals surface area contributed by atoms with Gasteiger partial charge in [-0.2, -0.15) is 0 Å². The van der Waals surface area contributed by atoms with Gasteiger partial charge >= 0.3 is 5.97 Å². The molecule has 2 heterocycles. The summed E-state index contributed by atoms with van der Waals surface area (Å²) in [4.78, 5) is 28.3. The van der Waals surface area contributed by atoms with Gasteiger partial charge in [0.15, 0.2) is 6.10 Å². The van der Waals surface area contributed by atoms with Gasteiger partial charge in [0.25, 0.3) is 0 Å². The van der Waals surface area contributed by atoms with E-state index < -0.39 is 17.7 Å². The minimum atomic E-state index is -0.853. The molecule has 1 saturated heterocycles. The molecule has 0 saturated carbocycles. The number of hydrogen-bond donors (Lipinski definition) is 1. The molecule has 0 unspecified atom stereocenters. The van der Waals surface area contributed by atoms with Gasteiger partial charge in [-0.05, 0) is 94.2 Å². The number of carbonyl (C=O) groups excluding carboxylic acids is 2. The highest BCUT2D eigenvalue weighted by Crippen LogP contribution is 2.38. The summed E-state index contributed by atoms with van der Waals surface area (Å²) in [6, 6.07) is 0. The van der Waals surface area contributed by atoms with Crippen LogP contribution in [0.25, 0.3) is 0 Å². The van der Waals surface area contributed by atoms with Crippen LogP contribution < -0.4 is 5.32 Å². The second-order valence-corrected chi connectivity index (χ2v) is 9.68. The van der Waals surface area contributed by atoms with Crippen LogP contribution in [0.4, 0.5) is 0 Å². The normalized spacial score (nSPS) is 17.4. The molecule has 31 heavy (non-hydrogen) atoms. The van der Waals surface area contributed by atoms with Crippen LogP contribution in [0, 0.1) is 13.8 Å². The molecule has 1 aromatic rings. The van der Waals surface area contributed by atoms with E-state index in [9.17, 15) is 9.59 Å². The molecule has 1 N–H and O–H groups in total. The van der Waals surface area contributed by atoms with Crippen molar-refractivity contribution in [2.24, 2.45) is 0 Å². The zero-order valence-corrected chi connectivity index (χ0v) is 20.0. The van der Waals surface area contributed by atoms with Crippen LogP contribution in [0.3, 0.4) is 0 Å². The van der Waals surface area contributed by atoms with E-state index in [-0.39, 0.29) is 12.5 Å². The first-order valence-corrected chi connectivity index (χ1v) is 11.6. The highest BCUT2D eigenvalue weighted by Gasteiger charge is 2.35. The predicted molar refractivity (Wildman–Crippen MR) is 121 cm³/mol. The number of hydrogen-bond acceptors (Lipinski definition) is 5. The van der Waals surface area contributed by atoms with Crippen LogP contribution >= 0.6 is 0 Å². The molecule has 0 aromatic heterocycles. The third-order valence-corrected chi connectivity index (χ3v) is 6.33. The van der Waals surface area contributed by atoms with Crippen LogP contribution in [-0.4, -0.2) is 42.1 Å². The fraction of sp³-hybridized carbons (Fsp3) is 0.680. The number of benzene rings is 1. The number of ether oxygens (including phenoxy) is 2. The Balaban J connectivity index is 2.10. The zero-order chi connectivity index (χ0) is 22.8. The van der Waals surface area contributed by atoms with Crippen LogP contribution in [0.2, 0.25) is 0 Å². The molecule has 172 valence electrons. The second-order valence-electron chi connectivity index (χ2n) is 9.68. The summed E-state index contributed by atoms with van der Waals surface area (Å²) in [6.07, 6.45) is 2.74. The van der Waals surface area contributed by atoms with Crippen molar-refractivity contribution in [3.63, 3.8) is 0 Å². The Morgan fingerprint density at radius 1 is 1.03 bits per heavy atom. The Morgan fingerprint density at radius 3 is 2.23 bits per heavy atom. The van der Waals surface area contributed by atoms with Crippen molar-refractivity contribution in [2.45, 2.75) is 92.0 Å². The Bertz CT molecular complexity index is 835. The SMILES string of the molecule is CCOC(=O)[C@@H](OC(C)(C)C)c1c(C)c2c(c(C)c1CC(=O)N1CCCCC1)CNC2. The summed E-state index contributed by atoms with van der Waals surface area (Å²) in [7, 11) is 0. The molecular formula is C25H38N2O4. The van der Waals surface area contributed by atoms with E-state index >= 15 is 0 Å². The molecule has 0 spiro atoms. The summed E-state index contributed by atoms with van der Waals surface area (Å²) in [5.74, 6) is -0.259. The van der Waals surface area contributed by atoms with Crippen LogP contribution in [0.5, 0.6) is 0 Å². The van der Waals surface area contributed by atoms with E-state index in [4.69, 9.17) is 9.47 Å². The van der Waals surface area contributed by atoms with Crippen molar-refractivity contribution >= 4 is 11.9 Å². The fourth-order valence-corrected chi connectivity index (χ4v) is 4.80. The molecule has 0 bridgehead atoms. The highest BCUT2D eigenvalue weighted by molar-refractivity contribution is 5.83. The lowest BCUT2D eigenvalue weighted by molar-refractivity contribution is -0.167. The average molecular weight is 431 g/mol. The van der Waals surface area contributed by atoms with E-state index in [1.807, 2.05) is 32.6 Å². The molecule has 2 aliphatic heterocycles. The number of nitrogens with zero attached hydrogens (tertiary/aromatic N) is 1. The van der Waals surface area contributed by atoms with Crippen molar-refractivity contribution in [1.29, 1.82) is 0 Å². The molecule has 1 amide bonds. The number of likely N-dealkylation sites (tertiary alicyclic amines) is 1. The van der Waals surface area contributed by atoms with Gasteiger partial charge in [0, 0.05) is 26.2 Å². The van der Waals surface area contributed by atoms with E-state index in [0.717, 1.165) is 61.3 Å². The average Bonchev–Trinajstić information content (AvgIpc) is 3.21. The molecule has 2 aliphatic rings. The third kappa shape index (κ3) is 5.29. The topological polar surface area (TPSA) is 67.9 Å². The van der Waals surface area contributed by atoms with Gasteiger partial charge in [0.05, 0.1) is 18.6 Å². The molecular weight excluding hydrogens is 392 g/mol. The molecule has 1 fully saturated rings. The summed E-state index contributed by atoms with van der Waals surface area (Å²) < 4.78 is 11.7. The van der Waals surface area contributed by atoms with Gasteiger partial charge in [-0.1, -0.05) is 0 Å². The van der Waals surface area contributed by atoms with E-state index in [1.54, 1.807) is 6.92 Å². The van der Waals surface area contributed by atoms with E-state index in [2.05, 4.69) is 12.2 Å². The van der Waals surface area contributed by atoms with Crippen molar-refractivity contribution in [3.05, 3.63) is 33.4 Å². The number of fused-ring (bicyclic) bond motifs is 1. The summed E-state index contributed by atoms with van der Waals surface area (Å²) >= 11 is 0. The largest absolute Gasteiger partial charge is 0.464 e. The van der Waals surface area contributed by atoms with Gasteiger partial charge in [-0.25, -0.2) is 4.79 Å². The van der Waals surface area contributed by atoms with E-state index in [1.165, 1.54) is 17.5 Å². The molecule has 3 rings (SSSR count). The molecule has 6 heteroatoms. The number of amides is 1. The van der Waals surface area contributed by atoms with Gasteiger partial charge in [-0.15, -0.1) is 0 Å². The summed E-state index contributed by atoms with van der Waals surface area (Å²) in [5.41, 5.74) is 5.81. The maximum absolute atomic E-state index is 13.2. The summed E-state index contributed by atoms with van der Waals surface area (Å²) in [5, 5.41) is 3.43. The number of piperidine rings is 1. The summed E-state index contributed by atoms with van der Waals surface area (Å²) in [6.45, 7) is 15.2. The standard InChI is InChI=1S/C25H38N2O4/c1-7-30-24(29)23(31-25(4,5)6)22-17(3)20-15-26-14-19(20)16(2)18(22)13-21(28)27-11-9-8-10-12-27/h23,26H,7-15H2,1-6H3/t23-/m0/s1. The van der Waals surface area contributed by atoms with Crippen molar-refractivity contribution in [3.8, 4) is 0 Å². The third-order valence-electron chi connectivity index (χ3n) is 6.33. The Kier molecular flexibility index (Phi) is 7.43. The lowest BCUT2D eigenvalue weighted by atomic mass is 9.84. The smallest absolute Gasteiger partial charge is 0.339 e. The molecule has 0 aliphatic carbocycles. The molecule has 1 aromatic carbocycles. The van der Waals surface area contributed by atoms with Crippen molar-refractivity contribution in [2.75, 3.05) is 19.7 Å².